The van der Waals surface area contributed by atoms with Crippen molar-refractivity contribution in [1.29, 1.82) is 0 Å². The minimum Gasteiger partial charge on any atom is -0.497 e. The van der Waals surface area contributed by atoms with Crippen LogP contribution in [0.1, 0.15) is 41.1 Å². The van der Waals surface area contributed by atoms with Crippen LogP contribution < -0.4 is 9.47 Å². The van der Waals surface area contributed by atoms with Crippen LogP contribution in [-0.4, -0.2) is 47.7 Å². The summed E-state index contributed by atoms with van der Waals surface area (Å²) in [6, 6.07) is 5.35. The second kappa shape index (κ2) is 8.46. The van der Waals surface area contributed by atoms with Gasteiger partial charge < -0.3 is 18.9 Å². The van der Waals surface area contributed by atoms with Gasteiger partial charge in [-0.05, 0) is 51.2 Å². The second-order valence-electron chi connectivity index (χ2n) is 7.19. The Morgan fingerprint density at radius 1 is 1.19 bits per heavy atom. The number of ether oxygens (including phenoxy) is 2. The van der Waals surface area contributed by atoms with E-state index in [2.05, 4.69) is 23.4 Å². The van der Waals surface area contributed by atoms with Gasteiger partial charge >= 0.3 is 0 Å². The lowest BCUT2D eigenvalue weighted by Gasteiger charge is -2.32. The molecule has 1 aliphatic heterocycles. The second-order valence-corrected chi connectivity index (χ2v) is 7.19. The monoisotopic (exact) mass is 371 g/mol. The lowest BCUT2D eigenvalue weighted by Crippen LogP contribution is -2.38. The highest BCUT2D eigenvalue weighted by Gasteiger charge is 2.25. The van der Waals surface area contributed by atoms with E-state index in [0.717, 1.165) is 44.7 Å². The Morgan fingerprint density at radius 3 is 2.52 bits per heavy atom. The van der Waals surface area contributed by atoms with Crippen molar-refractivity contribution in [3.63, 3.8) is 0 Å². The largest absolute Gasteiger partial charge is 0.497 e. The van der Waals surface area contributed by atoms with E-state index < -0.39 is 0 Å². The number of nitrogens with zero attached hydrogens (tertiary/aromatic N) is 3. The number of rotatable bonds is 6. The summed E-state index contributed by atoms with van der Waals surface area (Å²) in [5.41, 5.74) is 1.81. The Hall–Kier alpha value is -2.50. The first-order valence-corrected chi connectivity index (χ1v) is 9.53. The lowest BCUT2D eigenvalue weighted by molar-refractivity contribution is 0.0681. The van der Waals surface area contributed by atoms with Gasteiger partial charge in [0.1, 0.15) is 17.3 Å². The molecular weight excluding hydrogens is 342 g/mol. The van der Waals surface area contributed by atoms with Crippen molar-refractivity contribution in [1.82, 2.24) is 14.5 Å². The molecule has 6 nitrogen and oxygen atoms in total. The van der Waals surface area contributed by atoms with Gasteiger partial charge in [-0.3, -0.25) is 4.79 Å². The number of benzene rings is 1. The van der Waals surface area contributed by atoms with Crippen molar-refractivity contribution in [2.45, 2.75) is 39.7 Å². The van der Waals surface area contributed by atoms with Crippen LogP contribution in [0.3, 0.4) is 0 Å². The fourth-order valence-corrected chi connectivity index (χ4v) is 3.80. The van der Waals surface area contributed by atoms with Crippen molar-refractivity contribution in [3.8, 4) is 11.5 Å². The maximum absolute atomic E-state index is 12.9. The summed E-state index contributed by atoms with van der Waals surface area (Å²) in [5, 5.41) is 0. The average Bonchev–Trinajstić information content (AvgIpc) is 3.03. The molecule has 0 bridgehead atoms. The van der Waals surface area contributed by atoms with Crippen LogP contribution in [0.2, 0.25) is 0 Å². The van der Waals surface area contributed by atoms with Gasteiger partial charge in [-0.1, -0.05) is 0 Å². The summed E-state index contributed by atoms with van der Waals surface area (Å²) in [6.07, 6.45) is 5.14. The molecule has 27 heavy (non-hydrogen) atoms. The van der Waals surface area contributed by atoms with E-state index in [1.54, 1.807) is 32.4 Å². The zero-order valence-corrected chi connectivity index (χ0v) is 16.7. The molecule has 1 fully saturated rings. The topological polar surface area (TPSA) is 56.6 Å². The predicted octanol–water partition coefficient (Wildman–Crippen LogP) is 3.46. The number of piperidine rings is 1. The van der Waals surface area contributed by atoms with Crippen molar-refractivity contribution in [2.24, 2.45) is 5.92 Å². The van der Waals surface area contributed by atoms with E-state index in [1.807, 2.05) is 11.1 Å². The van der Waals surface area contributed by atoms with Crippen LogP contribution >= 0.6 is 0 Å². The van der Waals surface area contributed by atoms with Crippen LogP contribution in [0.25, 0.3) is 0 Å². The molecule has 3 rings (SSSR count). The van der Waals surface area contributed by atoms with E-state index in [1.165, 1.54) is 5.69 Å². The van der Waals surface area contributed by atoms with Crippen LogP contribution in [-0.2, 0) is 6.54 Å². The Balaban J connectivity index is 1.56. The molecule has 1 amide bonds. The molecule has 1 saturated heterocycles. The molecule has 0 spiro atoms. The van der Waals surface area contributed by atoms with Crippen LogP contribution in [0, 0.1) is 19.8 Å². The minimum atomic E-state index is 0.0363. The fraction of sp³-hybridized carbons (Fsp3) is 0.524. The molecule has 0 aliphatic carbocycles. The van der Waals surface area contributed by atoms with E-state index in [9.17, 15) is 4.79 Å². The Morgan fingerprint density at radius 2 is 1.93 bits per heavy atom. The number of hydrogen-bond donors (Lipinski definition) is 0. The molecule has 0 N–H and O–H groups in total. The number of likely N-dealkylation sites (tertiary alicyclic amines) is 1. The van der Waals surface area contributed by atoms with Gasteiger partial charge in [-0.15, -0.1) is 0 Å². The van der Waals surface area contributed by atoms with Gasteiger partial charge in [0.15, 0.2) is 0 Å². The van der Waals surface area contributed by atoms with Crippen LogP contribution in [0.15, 0.2) is 24.4 Å². The molecule has 1 aromatic carbocycles. The van der Waals surface area contributed by atoms with Gasteiger partial charge in [0, 0.05) is 37.6 Å². The Kier molecular flexibility index (Phi) is 6.04. The summed E-state index contributed by atoms with van der Waals surface area (Å²) in [7, 11) is 3.19. The molecular formula is C21H29N3O3. The number of aryl methyl sites for hydroxylation is 2. The number of methoxy groups -OCH3 is 2. The standard InChI is InChI=1S/C21H29N3O3/c1-15-14-22-16(2)24(15)12-9-17-7-10-23(11-8-17)21(25)19-6-5-18(26-3)13-20(19)27-4/h5-6,13-14,17H,7-12H2,1-4H3. The third-order valence-electron chi connectivity index (χ3n) is 5.56. The summed E-state index contributed by atoms with van der Waals surface area (Å²) in [6.45, 7) is 6.74. The number of hydrogen-bond acceptors (Lipinski definition) is 4. The summed E-state index contributed by atoms with van der Waals surface area (Å²) < 4.78 is 12.9. The normalized spacial score (nSPS) is 15.0. The summed E-state index contributed by atoms with van der Waals surface area (Å²) in [5.74, 6) is 3.01. The van der Waals surface area contributed by atoms with E-state index in [-0.39, 0.29) is 5.91 Å². The highest BCUT2D eigenvalue weighted by atomic mass is 16.5. The zero-order valence-electron chi connectivity index (χ0n) is 16.7. The molecule has 0 atom stereocenters. The quantitative estimate of drug-likeness (QED) is 0.780. The predicted molar refractivity (Wildman–Crippen MR) is 104 cm³/mol. The molecule has 6 heteroatoms. The van der Waals surface area contributed by atoms with Gasteiger partial charge in [0.25, 0.3) is 5.91 Å². The first-order valence-electron chi connectivity index (χ1n) is 9.53. The molecule has 146 valence electrons. The summed E-state index contributed by atoms with van der Waals surface area (Å²) >= 11 is 0. The third-order valence-corrected chi connectivity index (χ3v) is 5.56. The van der Waals surface area contributed by atoms with Gasteiger partial charge in [0.05, 0.1) is 19.8 Å². The van der Waals surface area contributed by atoms with Gasteiger partial charge in [-0.2, -0.15) is 0 Å². The maximum atomic E-state index is 12.9. The fourth-order valence-electron chi connectivity index (χ4n) is 3.80. The van der Waals surface area contributed by atoms with Crippen molar-refractivity contribution < 1.29 is 14.3 Å². The van der Waals surface area contributed by atoms with Crippen LogP contribution in [0.5, 0.6) is 11.5 Å². The number of imidazole rings is 1. The van der Waals surface area contributed by atoms with Crippen molar-refractivity contribution in [2.75, 3.05) is 27.3 Å². The average molecular weight is 371 g/mol. The number of carbonyl (C=O) groups is 1. The molecule has 0 radical (unpaired) electrons. The smallest absolute Gasteiger partial charge is 0.257 e. The van der Waals surface area contributed by atoms with Crippen molar-refractivity contribution >= 4 is 5.91 Å². The Labute approximate surface area is 161 Å². The SMILES string of the molecule is COc1ccc(C(=O)N2CCC(CCn3c(C)cnc3C)CC2)c(OC)c1. The van der Waals surface area contributed by atoms with Crippen LogP contribution in [0.4, 0.5) is 0 Å². The van der Waals surface area contributed by atoms with E-state index >= 15 is 0 Å². The lowest BCUT2D eigenvalue weighted by atomic mass is 9.93. The molecule has 2 aromatic rings. The molecule has 0 saturated carbocycles. The number of aromatic nitrogens is 2. The van der Waals surface area contributed by atoms with E-state index in [4.69, 9.17) is 9.47 Å². The highest BCUT2D eigenvalue weighted by molar-refractivity contribution is 5.97. The van der Waals surface area contributed by atoms with E-state index in [0.29, 0.717) is 23.0 Å². The maximum Gasteiger partial charge on any atom is 0.257 e. The van der Waals surface area contributed by atoms with Gasteiger partial charge in [-0.25, -0.2) is 4.98 Å². The first kappa shape index (κ1) is 19.3. The Bertz CT molecular complexity index is 772. The van der Waals surface area contributed by atoms with Gasteiger partial charge in [0.2, 0.25) is 0 Å². The molecule has 0 unspecified atom stereocenters. The highest BCUT2D eigenvalue weighted by Crippen LogP contribution is 2.28. The molecule has 1 aliphatic rings. The number of carbonyl (C=O) groups excluding carboxylic acids is 1. The molecule has 1 aromatic heterocycles. The minimum absolute atomic E-state index is 0.0363. The molecule has 2 heterocycles. The summed E-state index contributed by atoms with van der Waals surface area (Å²) in [4.78, 5) is 19.2. The number of amides is 1. The first-order chi connectivity index (χ1) is 13.0. The third kappa shape index (κ3) is 4.26. The van der Waals surface area contributed by atoms with Crippen molar-refractivity contribution in [3.05, 3.63) is 41.5 Å². The zero-order chi connectivity index (χ0) is 19.4.